The summed E-state index contributed by atoms with van der Waals surface area (Å²) in [6, 6.07) is 17.4. The zero-order valence-electron chi connectivity index (χ0n) is 22.5. The normalized spacial score (nSPS) is 10.7. The van der Waals surface area contributed by atoms with Crippen LogP contribution in [-0.4, -0.2) is 42.5 Å². The van der Waals surface area contributed by atoms with Gasteiger partial charge in [-0.3, -0.25) is 20.0 Å². The van der Waals surface area contributed by atoms with Gasteiger partial charge in [0.25, 0.3) is 0 Å². The standard InChI is InChI=1S/C18H17N3O.C8H13N.C4H8O2/c1-12(22)17-10-14-6-2-3-8-16(14)21(17)11-13-5-4-7-15(9-13)18(19)20;1-4-8(5-2)6-7-9-3;1-3-4(5)6-2/h2-10H,11H2,1H3,(H3,19,20);4,6-7H,1,5H2,2-3H3;3H2,1-2H3/p+1/b;8-6+,9-7?;. The smallest absolute Gasteiger partial charge is 0.305 e. The highest BCUT2D eigenvalue weighted by Gasteiger charge is 2.12. The highest BCUT2D eigenvalue weighted by Crippen LogP contribution is 2.22. The predicted octanol–water partition coefficient (Wildman–Crippen LogP) is 4.04. The number of nitrogens with two attached hydrogens (primary N) is 1. The molecular formula is C30H39N4O3+. The molecule has 0 saturated heterocycles. The van der Waals surface area contributed by atoms with E-state index in [1.54, 1.807) is 13.8 Å². The Labute approximate surface area is 219 Å². The quantitative estimate of drug-likeness (QED) is 0.142. The number of ether oxygens (including phenoxy) is 1. The summed E-state index contributed by atoms with van der Waals surface area (Å²) in [7, 11) is 3.26. The van der Waals surface area contributed by atoms with Crippen molar-refractivity contribution in [3.05, 3.63) is 95.7 Å². The van der Waals surface area contributed by atoms with E-state index in [1.807, 2.05) is 84.6 Å². The van der Waals surface area contributed by atoms with E-state index in [0.29, 0.717) is 24.2 Å². The van der Waals surface area contributed by atoms with Crippen molar-refractivity contribution in [2.24, 2.45) is 5.73 Å². The van der Waals surface area contributed by atoms with Gasteiger partial charge >= 0.3 is 5.97 Å². The molecule has 0 saturated carbocycles. The highest BCUT2D eigenvalue weighted by atomic mass is 16.5. The number of hydrogen-bond donors (Lipinski definition) is 3. The fraction of sp³-hybridized carbons (Fsp3) is 0.267. The van der Waals surface area contributed by atoms with Crippen molar-refractivity contribution in [2.75, 3.05) is 14.2 Å². The summed E-state index contributed by atoms with van der Waals surface area (Å²) in [6.45, 7) is 9.69. The molecule has 0 bridgehead atoms. The molecule has 37 heavy (non-hydrogen) atoms. The number of para-hydroxylation sites is 1. The Kier molecular flexibility index (Phi) is 13.7. The number of ketones is 1. The molecule has 1 heterocycles. The molecule has 0 aliphatic heterocycles. The summed E-state index contributed by atoms with van der Waals surface area (Å²) in [4.78, 5) is 24.8. The highest BCUT2D eigenvalue weighted by molar-refractivity contribution is 5.99. The minimum absolute atomic E-state index is 0.0407. The average Bonchev–Trinajstić information content (AvgIpc) is 3.28. The van der Waals surface area contributed by atoms with E-state index in [9.17, 15) is 9.59 Å². The van der Waals surface area contributed by atoms with Crippen molar-refractivity contribution in [3.8, 4) is 0 Å². The maximum Gasteiger partial charge on any atom is 0.305 e. The van der Waals surface area contributed by atoms with E-state index in [1.165, 1.54) is 12.7 Å². The van der Waals surface area contributed by atoms with Crippen molar-refractivity contribution >= 4 is 34.7 Å². The van der Waals surface area contributed by atoms with Gasteiger partial charge in [-0.05, 0) is 35.8 Å². The van der Waals surface area contributed by atoms with Gasteiger partial charge in [0.15, 0.2) is 12.0 Å². The Morgan fingerprint density at radius 3 is 2.32 bits per heavy atom. The van der Waals surface area contributed by atoms with Crippen LogP contribution in [0.4, 0.5) is 0 Å². The Balaban J connectivity index is 0.000000379. The number of nitrogen functional groups attached to an aromatic ring is 1. The van der Waals surface area contributed by atoms with Crippen LogP contribution in [0.5, 0.6) is 0 Å². The zero-order valence-corrected chi connectivity index (χ0v) is 22.5. The van der Waals surface area contributed by atoms with Crippen LogP contribution in [0.1, 0.15) is 55.2 Å². The molecule has 0 spiro atoms. The van der Waals surface area contributed by atoms with Crippen LogP contribution in [0.3, 0.4) is 0 Å². The number of allylic oxidation sites excluding steroid dienone is 3. The van der Waals surface area contributed by atoms with Crippen molar-refractivity contribution in [2.45, 2.75) is 40.2 Å². The van der Waals surface area contributed by atoms with Gasteiger partial charge in [-0.2, -0.15) is 0 Å². The minimum Gasteiger partial charge on any atom is -0.469 e. The van der Waals surface area contributed by atoms with Crippen molar-refractivity contribution in [3.63, 3.8) is 0 Å². The van der Waals surface area contributed by atoms with E-state index in [-0.39, 0.29) is 17.6 Å². The Morgan fingerprint density at radius 1 is 1.11 bits per heavy atom. The Morgan fingerprint density at radius 2 is 1.81 bits per heavy atom. The fourth-order valence-electron chi connectivity index (χ4n) is 3.36. The molecule has 3 aromatic rings. The predicted molar refractivity (Wildman–Crippen MR) is 152 cm³/mol. The van der Waals surface area contributed by atoms with Crippen LogP contribution in [-0.2, 0) is 16.1 Å². The van der Waals surface area contributed by atoms with Crippen LogP contribution in [0.25, 0.3) is 10.9 Å². The van der Waals surface area contributed by atoms with Crippen molar-refractivity contribution in [1.29, 1.82) is 5.41 Å². The lowest BCUT2D eigenvalue weighted by atomic mass is 10.1. The van der Waals surface area contributed by atoms with Gasteiger partial charge in [-0.1, -0.05) is 62.9 Å². The number of Topliss-reactive ketones (excluding diaryl/α,β-unsaturated/α-hetero) is 1. The number of rotatable bonds is 8. The van der Waals surface area contributed by atoms with Gasteiger partial charge in [0.1, 0.15) is 12.9 Å². The van der Waals surface area contributed by atoms with Crippen LogP contribution >= 0.6 is 0 Å². The Bertz CT molecular complexity index is 1260. The molecule has 0 fully saturated rings. The molecule has 7 nitrogen and oxygen atoms in total. The van der Waals surface area contributed by atoms with Gasteiger partial charge in [-0.15, -0.1) is 0 Å². The Hall–Kier alpha value is -4.26. The van der Waals surface area contributed by atoms with Crippen molar-refractivity contribution < 1.29 is 19.3 Å². The molecule has 0 unspecified atom stereocenters. The largest absolute Gasteiger partial charge is 0.469 e. The third-order valence-corrected chi connectivity index (χ3v) is 5.40. The number of methoxy groups -OCH3 is 1. The molecule has 0 aliphatic carbocycles. The first-order chi connectivity index (χ1) is 17.7. The lowest BCUT2D eigenvalue weighted by molar-refractivity contribution is -0.413. The lowest BCUT2D eigenvalue weighted by Gasteiger charge is -2.10. The number of carbonyl (C=O) groups is 2. The van der Waals surface area contributed by atoms with Crippen LogP contribution < -0.4 is 10.7 Å². The molecule has 1 aromatic heterocycles. The van der Waals surface area contributed by atoms with Crippen LogP contribution in [0, 0.1) is 5.41 Å². The first kappa shape index (κ1) is 30.8. The minimum atomic E-state index is -0.157. The number of amidine groups is 1. The molecule has 4 N–H and O–H groups in total. The maximum atomic E-state index is 11.9. The van der Waals surface area contributed by atoms with Gasteiger partial charge in [-0.25, -0.2) is 0 Å². The molecule has 7 heteroatoms. The maximum absolute atomic E-state index is 11.9. The van der Waals surface area contributed by atoms with E-state index >= 15 is 0 Å². The lowest BCUT2D eigenvalue weighted by Crippen LogP contribution is -2.62. The molecule has 0 radical (unpaired) electrons. The number of hydrogen-bond acceptors (Lipinski definition) is 4. The van der Waals surface area contributed by atoms with E-state index in [0.717, 1.165) is 22.9 Å². The van der Waals surface area contributed by atoms with E-state index < -0.39 is 0 Å². The first-order valence-corrected chi connectivity index (χ1v) is 12.1. The zero-order chi connectivity index (χ0) is 27.8. The second-order valence-electron chi connectivity index (χ2n) is 8.03. The molecule has 0 aliphatic rings. The molecule has 3 rings (SSSR count). The second-order valence-corrected chi connectivity index (χ2v) is 8.03. The summed E-state index contributed by atoms with van der Waals surface area (Å²) < 4.78 is 6.27. The third-order valence-electron chi connectivity index (χ3n) is 5.40. The van der Waals surface area contributed by atoms with Crippen LogP contribution in [0.15, 0.2) is 78.9 Å². The SMILES string of the molecule is C=C/C(=C\C=[NH+]C)CC.CC(=O)c1cc2ccccc2n1Cc1cccc(C(=N)N)c1.CCC(=O)OC. The number of esters is 1. The summed E-state index contributed by atoms with van der Waals surface area (Å²) in [5.74, 6) is -0.0695. The van der Waals surface area contributed by atoms with Crippen LogP contribution in [0.2, 0.25) is 0 Å². The number of benzene rings is 2. The van der Waals surface area contributed by atoms with E-state index in [2.05, 4.69) is 23.2 Å². The third kappa shape index (κ3) is 10.1. The van der Waals surface area contributed by atoms with Crippen molar-refractivity contribution in [1.82, 2.24) is 4.57 Å². The topological polar surface area (TPSA) is 112 Å². The number of carbonyl (C=O) groups excluding carboxylic acids is 2. The average molecular weight is 504 g/mol. The monoisotopic (exact) mass is 503 g/mol. The summed E-state index contributed by atoms with van der Waals surface area (Å²) in [5.41, 5.74) is 10.2. The van der Waals surface area contributed by atoms with Gasteiger partial charge in [0.2, 0.25) is 0 Å². The number of nitrogens with zero attached hydrogens (tertiary/aromatic N) is 1. The summed E-state index contributed by atoms with van der Waals surface area (Å²) in [6.07, 6.45) is 7.31. The molecule has 0 amide bonds. The number of fused-ring (bicyclic) bond motifs is 1. The molecule has 196 valence electrons. The van der Waals surface area contributed by atoms with E-state index in [4.69, 9.17) is 11.1 Å². The summed E-state index contributed by atoms with van der Waals surface area (Å²) >= 11 is 0. The van der Waals surface area contributed by atoms with Gasteiger partial charge < -0.3 is 15.0 Å². The number of aromatic nitrogens is 1. The molecule has 0 atom stereocenters. The molecular weight excluding hydrogens is 464 g/mol. The number of nitrogens with one attached hydrogen (secondary N) is 2. The van der Waals surface area contributed by atoms with Gasteiger partial charge in [0, 0.05) is 42.4 Å². The second kappa shape index (κ2) is 16.4. The summed E-state index contributed by atoms with van der Waals surface area (Å²) in [5, 5.41) is 8.59. The molecule has 2 aromatic carbocycles. The first-order valence-electron chi connectivity index (χ1n) is 12.1. The fourth-order valence-corrected chi connectivity index (χ4v) is 3.36. The van der Waals surface area contributed by atoms with Gasteiger partial charge in [0.05, 0.1) is 12.8 Å².